The van der Waals surface area contributed by atoms with Crippen LogP contribution in [0.2, 0.25) is 0 Å². The molecule has 1 amide bonds. The molecule has 25 heavy (non-hydrogen) atoms. The number of hydrogen-bond donors (Lipinski definition) is 1. The lowest BCUT2D eigenvalue weighted by Crippen LogP contribution is -2.25. The molecule has 0 aliphatic heterocycles. The van der Waals surface area contributed by atoms with E-state index in [0.29, 0.717) is 23.3 Å². The third-order valence-electron chi connectivity index (χ3n) is 4.48. The second-order valence-electron chi connectivity index (χ2n) is 6.23. The fourth-order valence-corrected chi connectivity index (χ4v) is 3.83. The number of amides is 1. The maximum Gasteiger partial charge on any atom is 0.269 e. The van der Waals surface area contributed by atoms with E-state index in [0.717, 1.165) is 23.4 Å². The van der Waals surface area contributed by atoms with Gasteiger partial charge >= 0.3 is 0 Å². The van der Waals surface area contributed by atoms with E-state index in [9.17, 15) is 4.79 Å². The molecule has 1 N–H and O–H groups in total. The standard InChI is InChI=1S/C17H19N5O2S/c1-22-13(9-12(20-22)14-7-4-8-25-14)16(23)18-10-15-19-17(24-21-15)11-5-2-3-6-11/h4,7-9,11H,2-3,5-6,10H2,1H3,(H,18,23). The third kappa shape index (κ3) is 3.34. The fourth-order valence-electron chi connectivity index (χ4n) is 3.15. The number of hydrogen-bond acceptors (Lipinski definition) is 6. The molecule has 1 aliphatic carbocycles. The van der Waals surface area contributed by atoms with Crippen LogP contribution in [-0.2, 0) is 13.6 Å². The van der Waals surface area contributed by atoms with Crippen LogP contribution in [0.15, 0.2) is 28.1 Å². The van der Waals surface area contributed by atoms with Crippen molar-refractivity contribution in [3.8, 4) is 10.6 Å². The van der Waals surface area contributed by atoms with Gasteiger partial charge in [-0.05, 0) is 30.4 Å². The number of carbonyl (C=O) groups excluding carboxylic acids is 1. The zero-order chi connectivity index (χ0) is 17.2. The van der Waals surface area contributed by atoms with Gasteiger partial charge in [0.2, 0.25) is 5.89 Å². The Morgan fingerprint density at radius 1 is 1.44 bits per heavy atom. The van der Waals surface area contributed by atoms with E-state index >= 15 is 0 Å². The summed E-state index contributed by atoms with van der Waals surface area (Å²) in [5.41, 5.74) is 1.30. The van der Waals surface area contributed by atoms with Crippen molar-refractivity contribution in [3.63, 3.8) is 0 Å². The van der Waals surface area contributed by atoms with Crippen LogP contribution in [0.25, 0.3) is 10.6 Å². The average Bonchev–Trinajstić information content (AvgIpc) is 3.38. The van der Waals surface area contributed by atoms with Gasteiger partial charge in [-0.1, -0.05) is 24.1 Å². The van der Waals surface area contributed by atoms with Crippen LogP contribution in [-0.4, -0.2) is 25.8 Å². The van der Waals surface area contributed by atoms with Gasteiger partial charge in [-0.3, -0.25) is 9.48 Å². The summed E-state index contributed by atoms with van der Waals surface area (Å²) in [6, 6.07) is 5.74. The van der Waals surface area contributed by atoms with Crippen molar-refractivity contribution in [2.45, 2.75) is 38.1 Å². The van der Waals surface area contributed by atoms with Gasteiger partial charge in [-0.15, -0.1) is 11.3 Å². The molecule has 3 aromatic heterocycles. The summed E-state index contributed by atoms with van der Waals surface area (Å²) in [6.45, 7) is 0.245. The van der Waals surface area contributed by atoms with Crippen molar-refractivity contribution in [2.75, 3.05) is 0 Å². The van der Waals surface area contributed by atoms with Crippen molar-refractivity contribution in [1.29, 1.82) is 0 Å². The molecule has 0 atom stereocenters. The van der Waals surface area contributed by atoms with Crippen LogP contribution in [0, 0.1) is 0 Å². The first-order valence-electron chi connectivity index (χ1n) is 8.39. The Morgan fingerprint density at radius 2 is 2.28 bits per heavy atom. The molecule has 0 unspecified atom stereocenters. The molecule has 1 fully saturated rings. The van der Waals surface area contributed by atoms with E-state index in [1.54, 1.807) is 29.1 Å². The summed E-state index contributed by atoms with van der Waals surface area (Å²) in [4.78, 5) is 17.9. The minimum atomic E-state index is -0.204. The van der Waals surface area contributed by atoms with Crippen molar-refractivity contribution < 1.29 is 9.32 Å². The molecule has 0 bridgehead atoms. The molecule has 0 aromatic carbocycles. The van der Waals surface area contributed by atoms with E-state index in [2.05, 4.69) is 20.6 Å². The number of thiophene rings is 1. The highest BCUT2D eigenvalue weighted by atomic mass is 32.1. The normalized spacial score (nSPS) is 14.9. The van der Waals surface area contributed by atoms with E-state index in [4.69, 9.17) is 4.52 Å². The molecule has 1 saturated carbocycles. The van der Waals surface area contributed by atoms with E-state index in [-0.39, 0.29) is 12.5 Å². The Kier molecular flexibility index (Phi) is 4.35. The Hall–Kier alpha value is -2.48. The summed E-state index contributed by atoms with van der Waals surface area (Å²) in [6.07, 6.45) is 4.64. The van der Waals surface area contributed by atoms with Crippen molar-refractivity contribution >= 4 is 17.2 Å². The second-order valence-corrected chi connectivity index (χ2v) is 7.18. The minimum Gasteiger partial charge on any atom is -0.343 e. The Morgan fingerprint density at radius 3 is 3.04 bits per heavy atom. The van der Waals surface area contributed by atoms with Crippen LogP contribution in [0.4, 0.5) is 0 Å². The fraction of sp³-hybridized carbons (Fsp3) is 0.412. The summed E-state index contributed by atoms with van der Waals surface area (Å²) in [7, 11) is 1.76. The van der Waals surface area contributed by atoms with Gasteiger partial charge in [0.1, 0.15) is 11.4 Å². The monoisotopic (exact) mass is 357 g/mol. The number of aryl methyl sites for hydroxylation is 1. The van der Waals surface area contributed by atoms with Crippen LogP contribution in [0.5, 0.6) is 0 Å². The number of rotatable bonds is 5. The van der Waals surface area contributed by atoms with Gasteiger partial charge in [0.25, 0.3) is 5.91 Å². The minimum absolute atomic E-state index is 0.204. The summed E-state index contributed by atoms with van der Waals surface area (Å²) in [5, 5.41) is 13.2. The van der Waals surface area contributed by atoms with Gasteiger partial charge < -0.3 is 9.84 Å². The molecule has 4 rings (SSSR count). The summed E-state index contributed by atoms with van der Waals surface area (Å²) < 4.78 is 6.92. The largest absolute Gasteiger partial charge is 0.343 e. The molecular weight excluding hydrogens is 338 g/mol. The van der Waals surface area contributed by atoms with E-state index in [1.807, 2.05) is 17.5 Å². The van der Waals surface area contributed by atoms with Gasteiger partial charge in [0.05, 0.1) is 11.4 Å². The molecule has 0 saturated heterocycles. The lowest BCUT2D eigenvalue weighted by Gasteiger charge is -2.02. The Balaban J connectivity index is 1.41. The quantitative estimate of drug-likeness (QED) is 0.758. The molecule has 0 radical (unpaired) electrons. The highest BCUT2D eigenvalue weighted by molar-refractivity contribution is 7.13. The molecule has 7 nitrogen and oxygen atoms in total. The highest BCUT2D eigenvalue weighted by Gasteiger charge is 2.23. The smallest absolute Gasteiger partial charge is 0.269 e. The number of aromatic nitrogens is 4. The SMILES string of the molecule is Cn1nc(-c2cccs2)cc1C(=O)NCc1noc(C2CCCC2)n1. The molecule has 1 aliphatic rings. The maximum absolute atomic E-state index is 12.4. The van der Waals surface area contributed by atoms with E-state index in [1.165, 1.54) is 12.8 Å². The Labute approximate surface area is 149 Å². The topological polar surface area (TPSA) is 85.8 Å². The van der Waals surface area contributed by atoms with Crippen LogP contribution in [0.1, 0.15) is 53.8 Å². The van der Waals surface area contributed by atoms with Gasteiger partial charge in [0, 0.05) is 13.0 Å². The van der Waals surface area contributed by atoms with Crippen molar-refractivity contribution in [1.82, 2.24) is 25.2 Å². The zero-order valence-corrected chi connectivity index (χ0v) is 14.8. The summed E-state index contributed by atoms with van der Waals surface area (Å²) >= 11 is 1.59. The first-order chi connectivity index (χ1) is 12.2. The van der Waals surface area contributed by atoms with Crippen LogP contribution in [0.3, 0.4) is 0 Å². The summed E-state index contributed by atoms with van der Waals surface area (Å²) in [5.74, 6) is 1.38. The predicted octanol–water partition coefficient (Wildman–Crippen LogP) is 3.12. The Bertz CT molecular complexity index is 862. The highest BCUT2D eigenvalue weighted by Crippen LogP contribution is 2.32. The van der Waals surface area contributed by atoms with Gasteiger partial charge in [0.15, 0.2) is 5.82 Å². The van der Waals surface area contributed by atoms with Crippen molar-refractivity contribution in [3.05, 3.63) is 41.0 Å². The third-order valence-corrected chi connectivity index (χ3v) is 5.37. The second kappa shape index (κ2) is 6.79. The first kappa shape index (κ1) is 16.0. The lowest BCUT2D eigenvalue weighted by atomic mass is 10.1. The molecule has 130 valence electrons. The molecule has 3 aromatic rings. The van der Waals surface area contributed by atoms with Gasteiger partial charge in [-0.2, -0.15) is 10.1 Å². The maximum atomic E-state index is 12.4. The van der Waals surface area contributed by atoms with Crippen molar-refractivity contribution in [2.24, 2.45) is 7.05 Å². The van der Waals surface area contributed by atoms with Crippen LogP contribution >= 0.6 is 11.3 Å². The number of nitrogens with one attached hydrogen (secondary N) is 1. The molecular formula is C17H19N5O2S. The number of nitrogens with zero attached hydrogens (tertiary/aromatic N) is 4. The predicted molar refractivity (Wildman–Crippen MR) is 93.2 cm³/mol. The van der Waals surface area contributed by atoms with Crippen LogP contribution < -0.4 is 5.32 Å². The lowest BCUT2D eigenvalue weighted by molar-refractivity contribution is 0.0940. The average molecular weight is 357 g/mol. The van der Waals surface area contributed by atoms with E-state index < -0.39 is 0 Å². The number of carbonyl (C=O) groups is 1. The zero-order valence-electron chi connectivity index (χ0n) is 13.9. The molecule has 3 heterocycles. The molecule has 8 heteroatoms. The molecule has 0 spiro atoms. The van der Waals surface area contributed by atoms with Gasteiger partial charge in [-0.25, -0.2) is 0 Å². The first-order valence-corrected chi connectivity index (χ1v) is 9.27.